The van der Waals surface area contributed by atoms with E-state index in [0.29, 0.717) is 11.3 Å². The van der Waals surface area contributed by atoms with Crippen molar-refractivity contribution < 1.29 is 17.9 Å². The summed E-state index contributed by atoms with van der Waals surface area (Å²) in [4.78, 5) is 18.7. The van der Waals surface area contributed by atoms with Gasteiger partial charge in [-0.3, -0.25) is 4.79 Å². The second kappa shape index (κ2) is 10.0. The fourth-order valence-electron chi connectivity index (χ4n) is 2.72. The summed E-state index contributed by atoms with van der Waals surface area (Å²) in [7, 11) is -1.69. The number of ether oxygens (including phenoxy) is 1. The van der Waals surface area contributed by atoms with E-state index in [1.165, 1.54) is 29.4 Å². The molecule has 10 heteroatoms. The predicted octanol–water partition coefficient (Wildman–Crippen LogP) is 3.70. The first-order valence-corrected chi connectivity index (χ1v) is 14.1. The minimum atomic E-state index is -3.30. The number of hydrogen-bond acceptors (Lipinski definition) is 7. The highest BCUT2D eigenvalue weighted by molar-refractivity contribution is 8.00. The van der Waals surface area contributed by atoms with Crippen LogP contribution in [0.4, 0.5) is 0 Å². The smallest absolute Gasteiger partial charge is 0.258 e. The molecule has 0 aliphatic heterocycles. The van der Waals surface area contributed by atoms with Crippen molar-refractivity contribution in [2.24, 2.45) is 4.99 Å². The summed E-state index contributed by atoms with van der Waals surface area (Å²) in [6, 6.07) is 12.6. The zero-order valence-electron chi connectivity index (χ0n) is 16.8. The maximum absolute atomic E-state index is 12.5. The first-order chi connectivity index (χ1) is 14.3. The van der Waals surface area contributed by atoms with Crippen LogP contribution in [-0.2, 0) is 21.2 Å². The number of benzene rings is 2. The highest BCUT2D eigenvalue weighted by Crippen LogP contribution is 2.23. The van der Waals surface area contributed by atoms with Crippen LogP contribution in [-0.4, -0.2) is 50.0 Å². The number of hydrogen-bond donors (Lipinski definition) is 0. The lowest BCUT2D eigenvalue weighted by Gasteiger charge is -2.04. The summed E-state index contributed by atoms with van der Waals surface area (Å²) in [5, 5.41) is 0. The summed E-state index contributed by atoms with van der Waals surface area (Å²) in [5.41, 5.74) is 0.885. The maximum Gasteiger partial charge on any atom is 0.258 e. The molecular weight excluding hydrogens is 460 g/mol. The normalized spacial score (nSPS) is 12.4. The molecule has 1 aromatic heterocycles. The van der Waals surface area contributed by atoms with Crippen molar-refractivity contribution >= 4 is 60.8 Å². The van der Waals surface area contributed by atoms with Gasteiger partial charge in [0.1, 0.15) is 5.75 Å². The lowest BCUT2D eigenvalue weighted by molar-refractivity contribution is -0.115. The molecule has 0 N–H and O–H groups in total. The summed E-state index contributed by atoms with van der Waals surface area (Å²) in [5.74, 6) is 1.62. The minimum absolute atomic E-state index is 0.220. The van der Waals surface area contributed by atoms with Crippen molar-refractivity contribution in [1.29, 1.82) is 0 Å². The lowest BCUT2D eigenvalue weighted by atomic mass is 10.3. The topological polar surface area (TPSA) is 77.7 Å². The number of fused-ring (bicyclic) bond motifs is 1. The third-order valence-corrected chi connectivity index (χ3v) is 7.98. The molecule has 160 valence electrons. The van der Waals surface area contributed by atoms with Crippen LogP contribution in [0, 0.1) is 0 Å². The van der Waals surface area contributed by atoms with Crippen LogP contribution in [0.1, 0.15) is 0 Å². The molecule has 3 aromatic rings. The number of thiazole rings is 1. The number of sulfone groups is 1. The van der Waals surface area contributed by atoms with Crippen LogP contribution in [0.2, 0.25) is 0 Å². The molecule has 0 saturated heterocycles. The largest absolute Gasteiger partial charge is 0.497 e. The number of aryl methyl sites for hydroxylation is 1. The Bertz CT molecular complexity index is 1210. The Kier molecular flexibility index (Phi) is 7.67. The number of thioether (sulfide) groups is 2. The van der Waals surface area contributed by atoms with E-state index in [2.05, 4.69) is 4.99 Å². The third-order valence-electron chi connectivity index (χ3n) is 4.24. The summed E-state index contributed by atoms with van der Waals surface area (Å²) in [6.45, 7) is 0.692. The number of carbonyl (C=O) groups excluding carboxylic acids is 1. The highest BCUT2D eigenvalue weighted by Gasteiger charge is 2.13. The Morgan fingerprint density at radius 2 is 1.93 bits per heavy atom. The van der Waals surface area contributed by atoms with Crippen LogP contribution < -0.4 is 9.54 Å². The van der Waals surface area contributed by atoms with Crippen LogP contribution in [0.25, 0.3) is 10.2 Å². The van der Waals surface area contributed by atoms with Crippen molar-refractivity contribution in [2.75, 3.05) is 31.1 Å². The number of rotatable bonds is 8. The van der Waals surface area contributed by atoms with E-state index in [1.54, 1.807) is 37.1 Å². The molecule has 1 amide bonds. The monoisotopic (exact) mass is 482 g/mol. The number of carbonyl (C=O) groups is 1. The number of methoxy groups -OCH3 is 1. The van der Waals surface area contributed by atoms with Crippen molar-refractivity contribution in [2.45, 2.75) is 16.3 Å². The molecule has 30 heavy (non-hydrogen) atoms. The van der Waals surface area contributed by atoms with E-state index >= 15 is 0 Å². The van der Waals surface area contributed by atoms with Crippen molar-refractivity contribution in [3.63, 3.8) is 0 Å². The predicted molar refractivity (Wildman–Crippen MR) is 126 cm³/mol. The van der Waals surface area contributed by atoms with E-state index in [4.69, 9.17) is 4.74 Å². The van der Waals surface area contributed by atoms with E-state index in [9.17, 15) is 13.2 Å². The van der Waals surface area contributed by atoms with Gasteiger partial charge in [-0.05, 0) is 48.7 Å². The molecule has 0 saturated carbocycles. The molecule has 0 aliphatic carbocycles. The second-order valence-electron chi connectivity index (χ2n) is 6.40. The zero-order valence-corrected chi connectivity index (χ0v) is 20.1. The van der Waals surface area contributed by atoms with Gasteiger partial charge >= 0.3 is 0 Å². The van der Waals surface area contributed by atoms with Gasteiger partial charge in [0.2, 0.25) is 0 Å². The molecule has 0 fully saturated rings. The average Bonchev–Trinajstić information content (AvgIpc) is 3.06. The molecule has 0 aliphatic rings. The van der Waals surface area contributed by atoms with E-state index in [-0.39, 0.29) is 16.6 Å². The summed E-state index contributed by atoms with van der Waals surface area (Å²) in [6.07, 6.45) is 3.21. The molecule has 0 radical (unpaired) electrons. The maximum atomic E-state index is 12.5. The molecule has 0 atom stereocenters. The minimum Gasteiger partial charge on any atom is -0.497 e. The van der Waals surface area contributed by atoms with Gasteiger partial charge in [0.05, 0.1) is 28.0 Å². The number of nitrogens with zero attached hydrogens (tertiary/aromatic N) is 2. The van der Waals surface area contributed by atoms with E-state index < -0.39 is 9.84 Å². The molecule has 3 rings (SSSR count). The van der Waals surface area contributed by atoms with Gasteiger partial charge in [-0.15, -0.1) is 11.8 Å². The highest BCUT2D eigenvalue weighted by atomic mass is 32.2. The van der Waals surface area contributed by atoms with Gasteiger partial charge in [0, 0.05) is 23.4 Å². The van der Waals surface area contributed by atoms with E-state index in [1.807, 2.05) is 35.1 Å². The fraction of sp³-hybridized carbons (Fsp3) is 0.300. The average molecular weight is 483 g/mol. The molecule has 0 unspecified atom stereocenters. The first-order valence-electron chi connectivity index (χ1n) is 8.98. The third kappa shape index (κ3) is 5.69. The quantitative estimate of drug-likeness (QED) is 0.456. The molecule has 2 aromatic carbocycles. The fourth-order valence-corrected chi connectivity index (χ4v) is 5.61. The van der Waals surface area contributed by atoms with Gasteiger partial charge in [-0.1, -0.05) is 11.3 Å². The first kappa shape index (κ1) is 22.9. The molecule has 6 nitrogen and oxygen atoms in total. The standard InChI is InChI=1S/C20H22N2O4S4/c1-26-14-4-6-15(7-5-14)28-13-19(23)21-20-22(10-11-27-2)17-9-8-16(30(3,24)25)12-18(17)29-20/h4-9,12H,10-11,13H2,1-3H3. The van der Waals surface area contributed by atoms with Crippen LogP contribution in [0.3, 0.4) is 0 Å². The Morgan fingerprint density at radius 3 is 2.57 bits per heavy atom. The van der Waals surface area contributed by atoms with Crippen molar-refractivity contribution in [3.8, 4) is 5.75 Å². The molecule has 1 heterocycles. The number of amides is 1. The zero-order chi connectivity index (χ0) is 21.7. The van der Waals surface area contributed by atoms with Gasteiger partial charge in [0.15, 0.2) is 14.6 Å². The molecule has 0 spiro atoms. The lowest BCUT2D eigenvalue weighted by Crippen LogP contribution is -2.18. The Morgan fingerprint density at radius 1 is 1.20 bits per heavy atom. The van der Waals surface area contributed by atoms with Gasteiger partial charge in [-0.25, -0.2) is 8.42 Å². The van der Waals surface area contributed by atoms with E-state index in [0.717, 1.165) is 26.6 Å². The van der Waals surface area contributed by atoms with Gasteiger partial charge in [0.25, 0.3) is 5.91 Å². The van der Waals surface area contributed by atoms with Crippen LogP contribution in [0.15, 0.2) is 57.2 Å². The van der Waals surface area contributed by atoms with Crippen molar-refractivity contribution in [1.82, 2.24) is 4.57 Å². The molecule has 0 bridgehead atoms. The SMILES string of the molecule is COc1ccc(SCC(=O)N=c2sc3cc(S(C)(=O)=O)ccc3n2CCSC)cc1. The van der Waals surface area contributed by atoms with Gasteiger partial charge < -0.3 is 9.30 Å². The van der Waals surface area contributed by atoms with Gasteiger partial charge in [-0.2, -0.15) is 16.8 Å². The van der Waals surface area contributed by atoms with Crippen LogP contribution in [0.5, 0.6) is 5.75 Å². The second-order valence-corrected chi connectivity index (χ2v) is 11.5. The Balaban J connectivity index is 1.89. The van der Waals surface area contributed by atoms with Crippen LogP contribution >= 0.6 is 34.9 Å². The summed E-state index contributed by atoms with van der Waals surface area (Å²) < 4.78 is 31.7. The Hall–Kier alpha value is -1.75. The Labute approximate surface area is 188 Å². The van der Waals surface area contributed by atoms with Crippen molar-refractivity contribution in [3.05, 3.63) is 47.3 Å². The summed E-state index contributed by atoms with van der Waals surface area (Å²) >= 11 is 4.45. The number of aromatic nitrogens is 1. The molecular formula is C20H22N2O4S4.